The highest BCUT2D eigenvalue weighted by Gasteiger charge is 2.12. The lowest BCUT2D eigenvalue weighted by molar-refractivity contribution is 0.270. The van der Waals surface area contributed by atoms with Crippen molar-refractivity contribution in [2.75, 3.05) is 18.9 Å². The second-order valence-electron chi connectivity index (χ2n) is 4.90. The standard InChI is InChI=1S/C15H25NO2S/c1-3-8-16-15(7-9-17)12-19(18)11-14-6-4-5-13(2)10-14/h4-6,10,15-17H,3,7-9,11-12H2,1-2H3. The molecule has 108 valence electrons. The van der Waals surface area contributed by atoms with E-state index in [9.17, 15) is 4.21 Å². The molecule has 0 bridgehead atoms. The molecule has 1 aromatic carbocycles. The summed E-state index contributed by atoms with van der Waals surface area (Å²) in [4.78, 5) is 0. The summed E-state index contributed by atoms with van der Waals surface area (Å²) in [5.74, 6) is 1.20. The van der Waals surface area contributed by atoms with Gasteiger partial charge in [-0.2, -0.15) is 0 Å². The predicted octanol–water partition coefficient (Wildman–Crippen LogP) is 1.99. The molecule has 0 aliphatic heterocycles. The molecule has 0 fully saturated rings. The number of aliphatic hydroxyl groups excluding tert-OH is 1. The van der Waals surface area contributed by atoms with Gasteiger partial charge in [0, 0.05) is 35.0 Å². The van der Waals surface area contributed by atoms with Crippen LogP contribution in [0.5, 0.6) is 0 Å². The van der Waals surface area contributed by atoms with Crippen LogP contribution in [0.2, 0.25) is 0 Å². The van der Waals surface area contributed by atoms with Crippen LogP contribution in [0.1, 0.15) is 30.9 Å². The number of nitrogens with one attached hydrogen (secondary N) is 1. The molecular weight excluding hydrogens is 258 g/mol. The topological polar surface area (TPSA) is 49.3 Å². The van der Waals surface area contributed by atoms with Crippen LogP contribution in [0.4, 0.5) is 0 Å². The molecular formula is C15H25NO2S. The predicted molar refractivity (Wildman–Crippen MR) is 81.7 cm³/mol. The Balaban J connectivity index is 2.47. The minimum absolute atomic E-state index is 0.142. The van der Waals surface area contributed by atoms with Gasteiger partial charge in [0.1, 0.15) is 0 Å². The van der Waals surface area contributed by atoms with E-state index < -0.39 is 10.8 Å². The number of rotatable bonds is 9. The third-order valence-corrected chi connectivity index (χ3v) is 4.39. The monoisotopic (exact) mass is 283 g/mol. The molecule has 0 spiro atoms. The highest BCUT2D eigenvalue weighted by atomic mass is 32.2. The van der Waals surface area contributed by atoms with Crippen molar-refractivity contribution >= 4 is 10.8 Å². The summed E-state index contributed by atoms with van der Waals surface area (Å²) in [7, 11) is -0.888. The van der Waals surface area contributed by atoms with Crippen LogP contribution in [0.25, 0.3) is 0 Å². The lowest BCUT2D eigenvalue weighted by Gasteiger charge is -2.17. The van der Waals surface area contributed by atoms with E-state index in [4.69, 9.17) is 5.11 Å². The largest absolute Gasteiger partial charge is 0.396 e. The van der Waals surface area contributed by atoms with E-state index in [1.54, 1.807) is 0 Å². The van der Waals surface area contributed by atoms with Crippen LogP contribution in [0.3, 0.4) is 0 Å². The highest BCUT2D eigenvalue weighted by Crippen LogP contribution is 2.08. The maximum absolute atomic E-state index is 12.2. The van der Waals surface area contributed by atoms with Crippen LogP contribution < -0.4 is 5.32 Å². The number of benzene rings is 1. The van der Waals surface area contributed by atoms with E-state index >= 15 is 0 Å². The molecule has 1 aromatic rings. The third-order valence-electron chi connectivity index (χ3n) is 2.96. The summed E-state index contributed by atoms with van der Waals surface area (Å²) in [6.45, 7) is 5.20. The first-order chi connectivity index (χ1) is 9.15. The number of aryl methyl sites for hydroxylation is 1. The van der Waals surface area contributed by atoms with Crippen molar-refractivity contribution in [3.8, 4) is 0 Å². The molecule has 0 saturated heterocycles. The van der Waals surface area contributed by atoms with Gasteiger partial charge in [0.25, 0.3) is 0 Å². The zero-order chi connectivity index (χ0) is 14.1. The Morgan fingerprint density at radius 3 is 2.84 bits per heavy atom. The first kappa shape index (κ1) is 16.3. The smallest absolute Gasteiger partial charge is 0.0486 e. The maximum atomic E-state index is 12.2. The minimum atomic E-state index is -0.888. The normalized spacial score (nSPS) is 14.3. The molecule has 3 nitrogen and oxygen atoms in total. The first-order valence-electron chi connectivity index (χ1n) is 6.90. The number of hydrogen-bond acceptors (Lipinski definition) is 3. The van der Waals surface area contributed by atoms with E-state index in [0.717, 1.165) is 18.5 Å². The molecule has 2 unspecified atom stereocenters. The van der Waals surface area contributed by atoms with E-state index in [1.165, 1.54) is 5.56 Å². The van der Waals surface area contributed by atoms with Crippen molar-refractivity contribution in [3.05, 3.63) is 35.4 Å². The number of hydrogen-bond donors (Lipinski definition) is 2. The van der Waals surface area contributed by atoms with Crippen LogP contribution >= 0.6 is 0 Å². The summed E-state index contributed by atoms with van der Waals surface area (Å²) >= 11 is 0. The van der Waals surface area contributed by atoms with E-state index in [0.29, 0.717) is 17.9 Å². The fourth-order valence-corrected chi connectivity index (χ4v) is 3.42. The lowest BCUT2D eigenvalue weighted by Crippen LogP contribution is -2.35. The third kappa shape index (κ3) is 6.85. The minimum Gasteiger partial charge on any atom is -0.396 e. The Labute approximate surface area is 118 Å². The van der Waals surface area contributed by atoms with Gasteiger partial charge in [-0.05, 0) is 31.9 Å². The maximum Gasteiger partial charge on any atom is 0.0486 e. The Morgan fingerprint density at radius 1 is 1.42 bits per heavy atom. The zero-order valence-electron chi connectivity index (χ0n) is 11.9. The molecule has 0 radical (unpaired) electrons. The molecule has 4 heteroatoms. The molecule has 0 aliphatic rings. The molecule has 0 saturated carbocycles. The van der Waals surface area contributed by atoms with E-state index in [1.807, 2.05) is 25.1 Å². The van der Waals surface area contributed by atoms with Gasteiger partial charge in [-0.25, -0.2) is 0 Å². The molecule has 19 heavy (non-hydrogen) atoms. The van der Waals surface area contributed by atoms with Crippen LogP contribution in [-0.4, -0.2) is 34.3 Å². The molecule has 0 amide bonds. The zero-order valence-corrected chi connectivity index (χ0v) is 12.7. The van der Waals surface area contributed by atoms with Gasteiger partial charge in [-0.3, -0.25) is 4.21 Å². The fraction of sp³-hybridized carbons (Fsp3) is 0.600. The Kier molecular flexibility index (Phi) is 7.94. The summed E-state index contributed by atoms with van der Waals surface area (Å²) < 4.78 is 12.2. The van der Waals surface area contributed by atoms with Crippen molar-refractivity contribution in [1.82, 2.24) is 5.32 Å². The fourth-order valence-electron chi connectivity index (χ4n) is 2.02. The second-order valence-corrected chi connectivity index (χ2v) is 6.40. The van der Waals surface area contributed by atoms with Gasteiger partial charge < -0.3 is 10.4 Å². The second kappa shape index (κ2) is 9.23. The van der Waals surface area contributed by atoms with Gasteiger partial charge in [0.15, 0.2) is 0 Å². The average Bonchev–Trinajstić information content (AvgIpc) is 2.36. The van der Waals surface area contributed by atoms with E-state index in [2.05, 4.69) is 18.3 Å². The first-order valence-corrected chi connectivity index (χ1v) is 8.39. The van der Waals surface area contributed by atoms with Gasteiger partial charge >= 0.3 is 0 Å². The average molecular weight is 283 g/mol. The summed E-state index contributed by atoms with van der Waals surface area (Å²) in [6.07, 6.45) is 1.71. The molecule has 0 heterocycles. The quantitative estimate of drug-likeness (QED) is 0.729. The van der Waals surface area contributed by atoms with Crippen molar-refractivity contribution in [2.24, 2.45) is 0 Å². The van der Waals surface area contributed by atoms with Gasteiger partial charge in [-0.15, -0.1) is 0 Å². The molecule has 2 atom stereocenters. The van der Waals surface area contributed by atoms with Crippen LogP contribution in [0, 0.1) is 6.92 Å². The summed E-state index contributed by atoms with van der Waals surface area (Å²) in [6, 6.07) is 8.30. The van der Waals surface area contributed by atoms with Crippen molar-refractivity contribution in [3.63, 3.8) is 0 Å². The molecule has 0 aliphatic carbocycles. The SMILES string of the molecule is CCCNC(CCO)CS(=O)Cc1cccc(C)c1. The van der Waals surface area contributed by atoms with Crippen LogP contribution in [0.15, 0.2) is 24.3 Å². The summed E-state index contributed by atoms with van der Waals surface area (Å²) in [5.41, 5.74) is 2.32. The van der Waals surface area contributed by atoms with Gasteiger partial charge in [0.2, 0.25) is 0 Å². The van der Waals surface area contributed by atoms with Gasteiger partial charge in [0.05, 0.1) is 0 Å². The Hall–Kier alpha value is -0.710. The molecule has 1 rings (SSSR count). The van der Waals surface area contributed by atoms with Gasteiger partial charge in [-0.1, -0.05) is 36.8 Å². The van der Waals surface area contributed by atoms with Crippen molar-refractivity contribution in [2.45, 2.75) is 38.5 Å². The van der Waals surface area contributed by atoms with Crippen LogP contribution in [-0.2, 0) is 16.6 Å². The lowest BCUT2D eigenvalue weighted by atomic mass is 10.2. The van der Waals surface area contributed by atoms with E-state index in [-0.39, 0.29) is 12.6 Å². The molecule has 0 aromatic heterocycles. The highest BCUT2D eigenvalue weighted by molar-refractivity contribution is 7.84. The van der Waals surface area contributed by atoms with Crippen molar-refractivity contribution in [1.29, 1.82) is 0 Å². The Morgan fingerprint density at radius 2 is 2.21 bits per heavy atom. The Bertz CT molecular complexity index is 395. The number of aliphatic hydroxyl groups is 1. The summed E-state index contributed by atoms with van der Waals surface area (Å²) in [5, 5.41) is 12.4. The van der Waals surface area contributed by atoms with Crippen molar-refractivity contribution < 1.29 is 9.32 Å². The molecule has 2 N–H and O–H groups in total.